The van der Waals surface area contributed by atoms with Gasteiger partial charge in [0.1, 0.15) is 5.54 Å². The van der Waals surface area contributed by atoms with Crippen LogP contribution in [0.2, 0.25) is 0 Å². The molecule has 0 bridgehead atoms. The largest absolute Gasteiger partial charge is 0.465 e. The summed E-state index contributed by atoms with van der Waals surface area (Å²) in [5.74, 6) is 0.386. The van der Waals surface area contributed by atoms with Crippen LogP contribution in [-0.4, -0.2) is 37.4 Å². The van der Waals surface area contributed by atoms with E-state index in [1.54, 1.807) is 0 Å². The number of hydrogen-bond donors (Lipinski definition) is 1. The quantitative estimate of drug-likeness (QED) is 0.662. The van der Waals surface area contributed by atoms with Crippen molar-refractivity contribution in [1.82, 2.24) is 5.32 Å². The highest BCUT2D eigenvalue weighted by Gasteiger charge is 2.39. The summed E-state index contributed by atoms with van der Waals surface area (Å²) in [6.45, 7) is 10.3. The maximum Gasteiger partial charge on any atom is 0.326 e. The molecule has 1 aliphatic rings. The molecule has 118 valence electrons. The van der Waals surface area contributed by atoms with Gasteiger partial charge in [-0.15, -0.1) is 0 Å². The highest BCUT2D eigenvalue weighted by atomic mass is 16.5. The van der Waals surface area contributed by atoms with Crippen LogP contribution in [-0.2, 0) is 14.3 Å². The van der Waals surface area contributed by atoms with Crippen LogP contribution in [0.15, 0.2) is 0 Å². The van der Waals surface area contributed by atoms with E-state index in [4.69, 9.17) is 9.47 Å². The Morgan fingerprint density at radius 2 is 2.20 bits per heavy atom. The standard InChI is InChI=1S/C16H31NO3/c1-5-13(4)11-16(6-2,15(18)19-7-3)17-12-14-9-8-10-20-14/h13-14,17H,5-12H2,1-4H3. The lowest BCUT2D eigenvalue weighted by Crippen LogP contribution is -2.55. The molecule has 1 aliphatic heterocycles. The fourth-order valence-corrected chi connectivity index (χ4v) is 2.76. The molecule has 4 heteroatoms. The summed E-state index contributed by atoms with van der Waals surface area (Å²) >= 11 is 0. The zero-order valence-corrected chi connectivity index (χ0v) is 13.5. The summed E-state index contributed by atoms with van der Waals surface area (Å²) in [5, 5.41) is 3.48. The minimum absolute atomic E-state index is 0.110. The van der Waals surface area contributed by atoms with Gasteiger partial charge in [-0.25, -0.2) is 0 Å². The molecule has 1 rings (SSSR count). The third kappa shape index (κ3) is 4.74. The Labute approximate surface area is 123 Å². The Morgan fingerprint density at radius 3 is 2.70 bits per heavy atom. The van der Waals surface area contributed by atoms with E-state index in [1.807, 2.05) is 6.92 Å². The lowest BCUT2D eigenvalue weighted by Gasteiger charge is -2.34. The number of rotatable bonds is 9. The van der Waals surface area contributed by atoms with Gasteiger partial charge in [-0.05, 0) is 38.5 Å². The van der Waals surface area contributed by atoms with E-state index in [1.165, 1.54) is 0 Å². The molecule has 3 unspecified atom stereocenters. The topological polar surface area (TPSA) is 47.6 Å². The number of carbonyl (C=O) groups is 1. The second-order valence-electron chi connectivity index (χ2n) is 5.89. The molecule has 0 saturated carbocycles. The Hall–Kier alpha value is -0.610. The van der Waals surface area contributed by atoms with E-state index in [0.717, 1.165) is 45.3 Å². The van der Waals surface area contributed by atoms with E-state index < -0.39 is 5.54 Å². The van der Waals surface area contributed by atoms with Crippen molar-refractivity contribution >= 4 is 5.97 Å². The summed E-state index contributed by atoms with van der Waals surface area (Å²) in [6.07, 6.45) is 5.10. The van der Waals surface area contributed by atoms with Crippen LogP contribution in [0, 0.1) is 5.92 Å². The van der Waals surface area contributed by atoms with Gasteiger partial charge in [0.05, 0.1) is 12.7 Å². The summed E-state index contributed by atoms with van der Waals surface area (Å²) in [7, 11) is 0. The van der Waals surface area contributed by atoms with E-state index in [2.05, 4.69) is 26.1 Å². The molecule has 0 aliphatic carbocycles. The van der Waals surface area contributed by atoms with Crippen molar-refractivity contribution < 1.29 is 14.3 Å². The molecule has 20 heavy (non-hydrogen) atoms. The van der Waals surface area contributed by atoms with Crippen molar-refractivity contribution in [3.63, 3.8) is 0 Å². The average Bonchev–Trinajstić information content (AvgIpc) is 2.96. The first-order valence-electron chi connectivity index (χ1n) is 8.11. The predicted molar refractivity (Wildman–Crippen MR) is 80.7 cm³/mol. The molecule has 3 atom stereocenters. The van der Waals surface area contributed by atoms with Gasteiger partial charge in [-0.1, -0.05) is 27.2 Å². The molecular weight excluding hydrogens is 254 g/mol. The van der Waals surface area contributed by atoms with Gasteiger partial charge in [-0.2, -0.15) is 0 Å². The zero-order chi connectivity index (χ0) is 15.0. The van der Waals surface area contributed by atoms with E-state index >= 15 is 0 Å². The third-order valence-electron chi connectivity index (χ3n) is 4.36. The van der Waals surface area contributed by atoms with Crippen LogP contribution in [0.25, 0.3) is 0 Å². The fraction of sp³-hybridized carbons (Fsp3) is 0.938. The highest BCUT2D eigenvalue weighted by molar-refractivity contribution is 5.80. The molecule has 1 fully saturated rings. The lowest BCUT2D eigenvalue weighted by atomic mass is 9.84. The summed E-state index contributed by atoms with van der Waals surface area (Å²) in [5.41, 5.74) is -0.558. The second kappa shape index (κ2) is 8.63. The van der Waals surface area contributed by atoms with Crippen molar-refractivity contribution in [3.8, 4) is 0 Å². The van der Waals surface area contributed by atoms with Gasteiger partial charge >= 0.3 is 5.97 Å². The SMILES string of the molecule is CCOC(=O)C(CC)(CC(C)CC)NCC1CCCO1. The van der Waals surface area contributed by atoms with Gasteiger partial charge in [0.15, 0.2) is 0 Å². The normalized spacial score (nSPS) is 23.3. The van der Waals surface area contributed by atoms with Gasteiger partial charge < -0.3 is 9.47 Å². The van der Waals surface area contributed by atoms with Gasteiger partial charge in [-0.3, -0.25) is 10.1 Å². The molecule has 1 heterocycles. The number of esters is 1. The van der Waals surface area contributed by atoms with E-state index in [0.29, 0.717) is 12.5 Å². The van der Waals surface area contributed by atoms with Gasteiger partial charge in [0.25, 0.3) is 0 Å². The first-order chi connectivity index (χ1) is 9.57. The first kappa shape index (κ1) is 17.4. The molecule has 0 amide bonds. The second-order valence-corrected chi connectivity index (χ2v) is 5.89. The van der Waals surface area contributed by atoms with Crippen molar-refractivity contribution in [2.45, 2.75) is 71.4 Å². The summed E-state index contributed by atoms with van der Waals surface area (Å²) in [6, 6.07) is 0. The summed E-state index contributed by atoms with van der Waals surface area (Å²) in [4.78, 5) is 12.4. The molecule has 0 spiro atoms. The van der Waals surface area contributed by atoms with Crippen molar-refractivity contribution in [3.05, 3.63) is 0 Å². The van der Waals surface area contributed by atoms with Crippen molar-refractivity contribution in [1.29, 1.82) is 0 Å². The number of ether oxygens (including phenoxy) is 2. The zero-order valence-electron chi connectivity index (χ0n) is 13.5. The molecular formula is C16H31NO3. The monoisotopic (exact) mass is 285 g/mol. The van der Waals surface area contributed by atoms with Crippen LogP contribution in [0.4, 0.5) is 0 Å². The smallest absolute Gasteiger partial charge is 0.326 e. The van der Waals surface area contributed by atoms with Crippen LogP contribution in [0.5, 0.6) is 0 Å². The van der Waals surface area contributed by atoms with Crippen molar-refractivity contribution in [2.75, 3.05) is 19.8 Å². The Morgan fingerprint density at radius 1 is 1.45 bits per heavy atom. The average molecular weight is 285 g/mol. The fourth-order valence-electron chi connectivity index (χ4n) is 2.76. The van der Waals surface area contributed by atoms with E-state index in [9.17, 15) is 4.79 Å². The molecule has 4 nitrogen and oxygen atoms in total. The van der Waals surface area contributed by atoms with Crippen molar-refractivity contribution in [2.24, 2.45) is 5.92 Å². The summed E-state index contributed by atoms with van der Waals surface area (Å²) < 4.78 is 11.0. The Kier molecular flexibility index (Phi) is 7.52. The van der Waals surface area contributed by atoms with Crippen LogP contribution in [0.3, 0.4) is 0 Å². The Bertz CT molecular complexity index is 289. The molecule has 0 aromatic rings. The van der Waals surface area contributed by atoms with Crippen LogP contribution < -0.4 is 5.32 Å². The molecule has 0 aromatic heterocycles. The third-order valence-corrected chi connectivity index (χ3v) is 4.36. The maximum atomic E-state index is 12.4. The molecule has 0 radical (unpaired) electrons. The number of carbonyl (C=O) groups excluding carboxylic acids is 1. The minimum Gasteiger partial charge on any atom is -0.465 e. The Balaban J connectivity index is 2.70. The number of nitrogens with one attached hydrogen (secondary N) is 1. The molecule has 1 N–H and O–H groups in total. The maximum absolute atomic E-state index is 12.4. The number of hydrogen-bond acceptors (Lipinski definition) is 4. The molecule has 0 aromatic carbocycles. The lowest BCUT2D eigenvalue weighted by molar-refractivity contribution is -0.152. The van der Waals surface area contributed by atoms with E-state index in [-0.39, 0.29) is 12.1 Å². The van der Waals surface area contributed by atoms with Gasteiger partial charge in [0, 0.05) is 13.2 Å². The molecule has 1 saturated heterocycles. The minimum atomic E-state index is -0.558. The first-order valence-corrected chi connectivity index (χ1v) is 8.11. The van der Waals surface area contributed by atoms with Gasteiger partial charge in [0.2, 0.25) is 0 Å². The predicted octanol–water partition coefficient (Wildman–Crippen LogP) is 2.90. The highest BCUT2D eigenvalue weighted by Crippen LogP contribution is 2.25. The van der Waals surface area contributed by atoms with Crippen LogP contribution >= 0.6 is 0 Å². The van der Waals surface area contributed by atoms with Crippen LogP contribution in [0.1, 0.15) is 59.8 Å².